The molecule has 0 aromatic heterocycles. The molecule has 0 atom stereocenters. The molecule has 0 rings (SSSR count). The zero-order valence-corrected chi connectivity index (χ0v) is 4.55. The van der Waals surface area contributed by atoms with Crippen LogP contribution >= 0.6 is 0 Å². The van der Waals surface area contributed by atoms with Crippen LogP contribution < -0.4 is 0 Å². The van der Waals surface area contributed by atoms with E-state index in [9.17, 15) is 0 Å². The second kappa shape index (κ2) is 6.06. The Kier molecular flexibility index (Phi) is 6.11. The molecule has 5 heteroatoms. The molecule has 0 radical (unpaired) electrons. The van der Waals surface area contributed by atoms with Gasteiger partial charge in [-0.15, -0.1) is 0 Å². The van der Waals surface area contributed by atoms with E-state index in [1.807, 2.05) is 6.92 Å². The Balaban J connectivity index is 2.92. The molecule has 0 fully saturated rings. The van der Waals surface area contributed by atoms with Crippen molar-refractivity contribution in [1.29, 1.82) is 0 Å². The third-order valence-electron chi connectivity index (χ3n) is 0.478. The summed E-state index contributed by atoms with van der Waals surface area (Å²) >= 11 is 0. The monoisotopic (exact) mass is 90.1 g/mol. The van der Waals surface area contributed by atoms with Gasteiger partial charge in [0, 0.05) is 0 Å². The zero-order valence-electron chi connectivity index (χ0n) is 4.55. The molecular formula is C2H6B4O. The van der Waals surface area contributed by atoms with Crippen molar-refractivity contribution in [3.63, 3.8) is 0 Å². The van der Waals surface area contributed by atoms with Crippen LogP contribution in [-0.4, -0.2) is 34.4 Å². The van der Waals surface area contributed by atoms with Crippen LogP contribution in [-0.2, 0) is 4.65 Å². The van der Waals surface area contributed by atoms with Gasteiger partial charge in [-0.3, -0.25) is 0 Å². The normalized spacial score (nSPS) is 6.29. The van der Waals surface area contributed by atoms with Crippen LogP contribution in [0, 0.1) is 0 Å². The van der Waals surface area contributed by atoms with Crippen molar-refractivity contribution in [2.24, 2.45) is 0 Å². The van der Waals surface area contributed by atoms with Gasteiger partial charge in [0.2, 0.25) is 0 Å². The summed E-state index contributed by atoms with van der Waals surface area (Å²) in [4.78, 5) is 0. The fourth-order valence-electron chi connectivity index (χ4n) is 0.207. The van der Waals surface area contributed by atoms with Crippen molar-refractivity contribution in [3.05, 3.63) is 0 Å². The van der Waals surface area contributed by atoms with Crippen molar-refractivity contribution >= 4 is 27.8 Å². The van der Waals surface area contributed by atoms with Crippen molar-refractivity contribution in [2.45, 2.75) is 6.92 Å². The summed E-state index contributed by atoms with van der Waals surface area (Å²) in [5, 5.41) is 0. The van der Waals surface area contributed by atoms with Crippen LogP contribution in [0.5, 0.6) is 0 Å². The van der Waals surface area contributed by atoms with E-state index in [0.29, 0.717) is 0 Å². The fourth-order valence-corrected chi connectivity index (χ4v) is 0.207. The zero-order chi connectivity index (χ0) is 5.54. The van der Waals surface area contributed by atoms with Gasteiger partial charge in [0.1, 0.15) is 0 Å². The fraction of sp³-hybridized carbons (Fsp3) is 1.00. The Hall–Kier alpha value is 0.0597. The molecule has 0 heterocycles. The van der Waals surface area contributed by atoms with E-state index in [-0.39, 0.29) is 0 Å². The predicted molar refractivity (Wildman–Crippen MR) is 36.0 cm³/mol. The van der Waals surface area contributed by atoms with Crippen molar-refractivity contribution in [2.75, 3.05) is 6.61 Å². The van der Waals surface area contributed by atoms with E-state index in [1.165, 1.54) is 0 Å². The van der Waals surface area contributed by atoms with Crippen LogP contribution in [0.2, 0.25) is 0 Å². The first-order chi connectivity index (χ1) is 3.41. The molecule has 0 amide bonds. The molecule has 0 spiro atoms. The van der Waals surface area contributed by atoms with Crippen molar-refractivity contribution in [1.82, 2.24) is 0 Å². The molecule has 32 valence electrons. The average molecular weight is 89.3 g/mol. The first-order valence-corrected chi connectivity index (χ1v) is 2.31. The molecule has 1 nitrogen and oxygen atoms in total. The number of hydrogen-bond donors (Lipinski definition) is 0. The van der Waals surface area contributed by atoms with Crippen LogP contribution in [0.15, 0.2) is 0 Å². The molecule has 0 aromatic rings. The Morgan fingerprint density at radius 2 is 2.43 bits per heavy atom. The van der Waals surface area contributed by atoms with E-state index < -0.39 is 0 Å². The van der Waals surface area contributed by atoms with Gasteiger partial charge >= 0.3 is 45.9 Å². The standard InChI is InChI=1S/C2H6B4O/c1-2-7-6-5-4-3/h3H,2H2,1H3. The maximum atomic E-state index is 4.82. The van der Waals surface area contributed by atoms with Crippen LogP contribution in [0.25, 0.3) is 0 Å². The molecule has 0 aromatic carbocycles. The van der Waals surface area contributed by atoms with Gasteiger partial charge < -0.3 is 0 Å². The Morgan fingerprint density at radius 1 is 1.71 bits per heavy atom. The molecule has 0 saturated carbocycles. The molecule has 0 saturated heterocycles. The van der Waals surface area contributed by atoms with Crippen molar-refractivity contribution < 1.29 is 4.65 Å². The molecule has 7 heavy (non-hydrogen) atoms. The second-order valence-electron chi connectivity index (χ2n) is 1.02. The summed E-state index contributed by atoms with van der Waals surface area (Å²) in [5.74, 6) is 0. The Morgan fingerprint density at radius 3 is 2.86 bits per heavy atom. The molecule has 0 unspecified atom stereocenters. The summed E-state index contributed by atoms with van der Waals surface area (Å²) in [6.07, 6.45) is 0. The number of hydrogen-bond acceptors (Lipinski definition) is 1. The summed E-state index contributed by atoms with van der Waals surface area (Å²) in [5.41, 5.74) is 0. The second-order valence-corrected chi connectivity index (χ2v) is 1.02. The maximum absolute atomic E-state index is 4.82. The van der Waals surface area contributed by atoms with Crippen LogP contribution in [0.3, 0.4) is 0 Å². The third kappa shape index (κ3) is 6.06. The van der Waals surface area contributed by atoms with E-state index in [2.05, 4.69) is 7.37 Å². The molecule has 0 N–H and O–H groups in total. The van der Waals surface area contributed by atoms with Gasteiger partial charge in [0.25, 0.3) is 0 Å². The van der Waals surface area contributed by atoms with Gasteiger partial charge in [-0.2, -0.15) is 0 Å². The van der Waals surface area contributed by atoms with Gasteiger partial charge in [0.05, 0.1) is 0 Å². The molecular weight excluding hydrogens is 83.3 g/mol. The first kappa shape index (κ1) is 7.06. The minimum atomic E-state index is 0.727. The van der Waals surface area contributed by atoms with Gasteiger partial charge in [0.15, 0.2) is 0 Å². The summed E-state index contributed by atoms with van der Waals surface area (Å²) in [7, 11) is 5.08. The predicted octanol–water partition coefficient (Wildman–Crippen LogP) is -1.30. The van der Waals surface area contributed by atoms with E-state index in [1.54, 1.807) is 20.4 Å². The summed E-state index contributed by atoms with van der Waals surface area (Å²) in [6.45, 7) is 6.09. The SMILES string of the molecule is B=BB=BOCC. The minimum absolute atomic E-state index is 0.727. The van der Waals surface area contributed by atoms with E-state index in [4.69, 9.17) is 4.65 Å². The van der Waals surface area contributed by atoms with Crippen LogP contribution in [0.4, 0.5) is 0 Å². The third-order valence-corrected chi connectivity index (χ3v) is 0.478. The van der Waals surface area contributed by atoms with E-state index in [0.717, 1.165) is 6.61 Å². The van der Waals surface area contributed by atoms with E-state index >= 15 is 0 Å². The Bertz CT molecular complexity index is 70.1. The average Bonchev–Trinajstić information content (AvgIpc) is 1.69. The quantitative estimate of drug-likeness (QED) is 0.390. The first-order valence-electron chi connectivity index (χ1n) is 2.31. The van der Waals surface area contributed by atoms with Crippen LogP contribution in [0.1, 0.15) is 6.92 Å². The number of rotatable bonds is 3. The molecule has 0 aliphatic carbocycles. The molecule has 0 aliphatic rings. The summed E-state index contributed by atoms with van der Waals surface area (Å²) < 4.78 is 4.82. The topological polar surface area (TPSA) is 9.23 Å². The van der Waals surface area contributed by atoms with Crippen molar-refractivity contribution in [3.8, 4) is 0 Å². The molecule has 0 bridgehead atoms. The Labute approximate surface area is 46.8 Å². The van der Waals surface area contributed by atoms with Gasteiger partial charge in [-0.05, 0) is 0 Å². The van der Waals surface area contributed by atoms with Gasteiger partial charge in [-0.25, -0.2) is 0 Å². The summed E-state index contributed by atoms with van der Waals surface area (Å²) in [6, 6.07) is 0. The van der Waals surface area contributed by atoms with Gasteiger partial charge in [-0.1, -0.05) is 0 Å². The molecule has 0 aliphatic heterocycles.